The van der Waals surface area contributed by atoms with Crippen LogP contribution in [0.4, 0.5) is 0 Å². The minimum atomic E-state index is -0.339. The molecule has 0 spiro atoms. The Morgan fingerprint density at radius 1 is 1.00 bits per heavy atom. The van der Waals surface area contributed by atoms with E-state index in [4.69, 9.17) is 0 Å². The average Bonchev–Trinajstić information content (AvgIpc) is 2.15. The molecule has 1 aliphatic carbocycles. The molecule has 1 rings (SSSR count). The Bertz CT molecular complexity index is 198. The van der Waals surface area contributed by atoms with Gasteiger partial charge in [0, 0.05) is 0 Å². The second-order valence-electron chi connectivity index (χ2n) is 6.58. The molecular formula is C15H30O. The van der Waals surface area contributed by atoms with E-state index < -0.39 is 0 Å². The van der Waals surface area contributed by atoms with Gasteiger partial charge in [0.05, 0.1) is 5.60 Å². The Morgan fingerprint density at radius 3 is 2.31 bits per heavy atom. The van der Waals surface area contributed by atoms with Crippen LogP contribution in [0.5, 0.6) is 0 Å². The van der Waals surface area contributed by atoms with Crippen molar-refractivity contribution in [1.29, 1.82) is 0 Å². The molecule has 1 atom stereocenters. The molecule has 1 unspecified atom stereocenters. The summed E-state index contributed by atoms with van der Waals surface area (Å²) < 4.78 is 0. The van der Waals surface area contributed by atoms with Crippen molar-refractivity contribution in [2.45, 2.75) is 90.6 Å². The van der Waals surface area contributed by atoms with Crippen molar-refractivity contribution < 1.29 is 5.11 Å². The van der Waals surface area contributed by atoms with Crippen molar-refractivity contribution >= 4 is 0 Å². The third-order valence-electron chi connectivity index (χ3n) is 4.05. The largest absolute Gasteiger partial charge is 0.390 e. The zero-order chi connectivity index (χ0) is 12.1. The molecule has 1 N–H and O–H groups in total. The van der Waals surface area contributed by atoms with Gasteiger partial charge in [-0.05, 0) is 31.1 Å². The van der Waals surface area contributed by atoms with Gasteiger partial charge in [-0.1, -0.05) is 59.3 Å². The van der Waals surface area contributed by atoms with E-state index in [0.29, 0.717) is 5.41 Å². The van der Waals surface area contributed by atoms with Crippen LogP contribution in [-0.4, -0.2) is 10.7 Å². The molecular weight excluding hydrogens is 196 g/mol. The second kappa shape index (κ2) is 6.05. The normalized spacial score (nSPS) is 29.2. The molecule has 0 aliphatic heterocycles. The maximum atomic E-state index is 10.6. The highest BCUT2D eigenvalue weighted by Crippen LogP contribution is 2.43. The lowest BCUT2D eigenvalue weighted by Gasteiger charge is -2.41. The Kier molecular flexibility index (Phi) is 5.30. The first-order valence-electron chi connectivity index (χ1n) is 7.20. The van der Waals surface area contributed by atoms with Crippen molar-refractivity contribution in [1.82, 2.24) is 0 Å². The summed E-state index contributed by atoms with van der Waals surface area (Å²) in [6.45, 7) is 6.85. The van der Waals surface area contributed by atoms with Crippen LogP contribution in [0, 0.1) is 5.41 Å². The number of unbranched alkanes of at least 4 members (excludes halogenated alkanes) is 4. The highest BCUT2D eigenvalue weighted by molar-refractivity contribution is 4.90. The number of hydrogen-bond donors (Lipinski definition) is 1. The second-order valence-corrected chi connectivity index (χ2v) is 6.58. The molecule has 0 aromatic rings. The summed E-state index contributed by atoms with van der Waals surface area (Å²) >= 11 is 0. The van der Waals surface area contributed by atoms with Crippen LogP contribution < -0.4 is 0 Å². The monoisotopic (exact) mass is 226 g/mol. The smallest absolute Gasteiger partial charge is 0.0653 e. The lowest BCUT2D eigenvalue weighted by atomic mass is 9.68. The molecule has 1 heteroatoms. The van der Waals surface area contributed by atoms with Gasteiger partial charge >= 0.3 is 0 Å². The Hall–Kier alpha value is -0.0400. The van der Waals surface area contributed by atoms with Gasteiger partial charge in [-0.25, -0.2) is 0 Å². The van der Waals surface area contributed by atoms with E-state index in [1.807, 2.05) is 0 Å². The third-order valence-corrected chi connectivity index (χ3v) is 4.05. The van der Waals surface area contributed by atoms with Crippen LogP contribution in [0.3, 0.4) is 0 Å². The van der Waals surface area contributed by atoms with Gasteiger partial charge in [-0.15, -0.1) is 0 Å². The first-order valence-corrected chi connectivity index (χ1v) is 7.20. The molecule has 1 fully saturated rings. The summed E-state index contributed by atoms with van der Waals surface area (Å²) in [4.78, 5) is 0. The fraction of sp³-hybridized carbons (Fsp3) is 1.00. The lowest BCUT2D eigenvalue weighted by Crippen LogP contribution is -2.38. The van der Waals surface area contributed by atoms with Crippen LogP contribution >= 0.6 is 0 Å². The van der Waals surface area contributed by atoms with Crippen LogP contribution in [-0.2, 0) is 0 Å². The first kappa shape index (κ1) is 14.0. The number of aliphatic hydroxyl groups is 1. The van der Waals surface area contributed by atoms with Crippen LogP contribution in [0.15, 0.2) is 0 Å². The zero-order valence-electron chi connectivity index (χ0n) is 11.5. The Morgan fingerprint density at radius 2 is 1.69 bits per heavy atom. The quantitative estimate of drug-likeness (QED) is 0.652. The SMILES string of the molecule is CCCCCCCC1(O)CCCC(C)(C)C1. The van der Waals surface area contributed by atoms with Crippen LogP contribution in [0.1, 0.15) is 85.0 Å². The molecule has 0 aromatic carbocycles. The van der Waals surface area contributed by atoms with Gasteiger partial charge in [0.2, 0.25) is 0 Å². The van der Waals surface area contributed by atoms with E-state index in [-0.39, 0.29) is 5.60 Å². The summed E-state index contributed by atoms with van der Waals surface area (Å²) in [5.74, 6) is 0. The van der Waals surface area contributed by atoms with Crippen LogP contribution in [0.2, 0.25) is 0 Å². The van der Waals surface area contributed by atoms with Crippen molar-refractivity contribution in [3.05, 3.63) is 0 Å². The standard InChI is InChI=1S/C15H30O/c1-4-5-6-7-8-11-15(16)12-9-10-14(2,3)13-15/h16H,4-13H2,1-3H3. The Labute approximate surface area is 102 Å². The van der Waals surface area contributed by atoms with Crippen molar-refractivity contribution in [2.75, 3.05) is 0 Å². The fourth-order valence-electron chi connectivity index (χ4n) is 3.23. The summed E-state index contributed by atoms with van der Waals surface area (Å²) in [7, 11) is 0. The van der Waals surface area contributed by atoms with E-state index in [9.17, 15) is 5.11 Å². The van der Waals surface area contributed by atoms with E-state index in [2.05, 4.69) is 20.8 Å². The summed E-state index contributed by atoms with van der Waals surface area (Å²) in [5.41, 5.74) is 0.0182. The van der Waals surface area contributed by atoms with Gasteiger partial charge in [-0.2, -0.15) is 0 Å². The molecule has 0 heterocycles. The van der Waals surface area contributed by atoms with Crippen LogP contribution in [0.25, 0.3) is 0 Å². The van der Waals surface area contributed by atoms with Gasteiger partial charge in [0.25, 0.3) is 0 Å². The molecule has 1 nitrogen and oxygen atoms in total. The van der Waals surface area contributed by atoms with E-state index >= 15 is 0 Å². The highest BCUT2D eigenvalue weighted by atomic mass is 16.3. The molecule has 96 valence electrons. The van der Waals surface area contributed by atoms with E-state index in [0.717, 1.165) is 19.3 Å². The van der Waals surface area contributed by atoms with Crippen molar-refractivity contribution in [3.8, 4) is 0 Å². The molecule has 0 amide bonds. The summed E-state index contributed by atoms with van der Waals surface area (Å²) in [5, 5.41) is 10.6. The minimum Gasteiger partial charge on any atom is -0.390 e. The minimum absolute atomic E-state index is 0.339. The molecule has 0 radical (unpaired) electrons. The molecule has 0 saturated heterocycles. The lowest BCUT2D eigenvalue weighted by molar-refractivity contribution is -0.0465. The van der Waals surface area contributed by atoms with Gasteiger partial charge in [0.15, 0.2) is 0 Å². The van der Waals surface area contributed by atoms with Gasteiger partial charge in [-0.3, -0.25) is 0 Å². The Balaban J connectivity index is 2.23. The van der Waals surface area contributed by atoms with Gasteiger partial charge in [0.1, 0.15) is 0 Å². The van der Waals surface area contributed by atoms with Gasteiger partial charge < -0.3 is 5.11 Å². The maximum absolute atomic E-state index is 10.6. The predicted octanol–water partition coefficient (Wildman–Crippen LogP) is 4.68. The summed E-state index contributed by atoms with van der Waals surface area (Å²) in [6, 6.07) is 0. The highest BCUT2D eigenvalue weighted by Gasteiger charge is 2.37. The molecule has 0 bridgehead atoms. The predicted molar refractivity (Wildman–Crippen MR) is 70.6 cm³/mol. The fourth-order valence-corrected chi connectivity index (χ4v) is 3.23. The third kappa shape index (κ3) is 4.86. The number of rotatable bonds is 6. The average molecular weight is 226 g/mol. The molecule has 16 heavy (non-hydrogen) atoms. The van der Waals surface area contributed by atoms with Crippen molar-refractivity contribution in [3.63, 3.8) is 0 Å². The zero-order valence-corrected chi connectivity index (χ0v) is 11.5. The molecule has 1 aliphatic rings. The van der Waals surface area contributed by atoms with E-state index in [1.54, 1.807) is 0 Å². The molecule has 1 saturated carbocycles. The maximum Gasteiger partial charge on any atom is 0.0653 e. The number of hydrogen-bond acceptors (Lipinski definition) is 1. The topological polar surface area (TPSA) is 20.2 Å². The molecule has 0 aromatic heterocycles. The van der Waals surface area contributed by atoms with E-state index in [1.165, 1.54) is 44.9 Å². The summed E-state index contributed by atoms with van der Waals surface area (Å²) in [6.07, 6.45) is 12.1. The van der Waals surface area contributed by atoms with Crippen molar-refractivity contribution in [2.24, 2.45) is 5.41 Å². The first-order chi connectivity index (χ1) is 7.47.